The normalized spacial score (nSPS) is 13.8. The Morgan fingerprint density at radius 2 is 1.79 bits per heavy atom. The summed E-state index contributed by atoms with van der Waals surface area (Å²) in [7, 11) is 1.79. The third-order valence-corrected chi connectivity index (χ3v) is 3.54. The first-order valence-corrected chi connectivity index (χ1v) is 6.24. The molecule has 19 heavy (non-hydrogen) atoms. The Balaban J connectivity index is 2.32. The first-order chi connectivity index (χ1) is 9.06. The van der Waals surface area contributed by atoms with Gasteiger partial charge in [-0.3, -0.25) is 4.79 Å². The van der Waals surface area contributed by atoms with Crippen LogP contribution in [0.1, 0.15) is 21.5 Å². The maximum Gasteiger partial charge on any atom is 0.254 e. The molecule has 3 heteroatoms. The highest BCUT2D eigenvalue weighted by molar-refractivity contribution is 6.02. The number of carbonyl (C=O) groups excluding carboxylic acids is 1. The molecule has 1 aliphatic heterocycles. The maximum absolute atomic E-state index is 12.4. The van der Waals surface area contributed by atoms with E-state index in [-0.39, 0.29) is 11.7 Å². The second kappa shape index (κ2) is 4.12. The van der Waals surface area contributed by atoms with Gasteiger partial charge in [0.1, 0.15) is 5.75 Å². The van der Waals surface area contributed by atoms with E-state index in [1.165, 1.54) is 5.56 Å². The largest absolute Gasteiger partial charge is 0.508 e. The molecule has 0 atom stereocenters. The highest BCUT2D eigenvalue weighted by atomic mass is 16.3. The maximum atomic E-state index is 12.4. The molecule has 1 heterocycles. The van der Waals surface area contributed by atoms with E-state index in [1.54, 1.807) is 24.1 Å². The van der Waals surface area contributed by atoms with Gasteiger partial charge in [-0.25, -0.2) is 0 Å². The van der Waals surface area contributed by atoms with Crippen molar-refractivity contribution in [3.05, 3.63) is 53.1 Å². The number of rotatable bonds is 0. The first kappa shape index (κ1) is 11.8. The zero-order valence-electron chi connectivity index (χ0n) is 11.0. The average molecular weight is 253 g/mol. The molecule has 96 valence electrons. The number of carbonyl (C=O) groups is 1. The third kappa shape index (κ3) is 1.87. The number of hydrogen-bond donors (Lipinski definition) is 1. The van der Waals surface area contributed by atoms with Crippen LogP contribution in [0.3, 0.4) is 0 Å². The van der Waals surface area contributed by atoms with Crippen molar-refractivity contribution in [1.82, 2.24) is 4.90 Å². The van der Waals surface area contributed by atoms with Crippen LogP contribution in [0.2, 0.25) is 0 Å². The molecule has 0 saturated heterocycles. The molecule has 0 saturated carbocycles. The molecule has 1 aliphatic rings. The summed E-state index contributed by atoms with van der Waals surface area (Å²) in [5, 5.41) is 9.61. The summed E-state index contributed by atoms with van der Waals surface area (Å²) in [6.07, 6.45) is 0. The molecule has 3 rings (SSSR count). The summed E-state index contributed by atoms with van der Waals surface area (Å²) in [6, 6.07) is 11.2. The minimum atomic E-state index is -0.0558. The predicted octanol–water partition coefficient (Wildman–Crippen LogP) is 2.95. The molecule has 0 unspecified atom stereocenters. The minimum Gasteiger partial charge on any atom is -0.508 e. The molecule has 0 aliphatic carbocycles. The Bertz CT molecular complexity index is 676. The number of phenolic OH excluding ortho intramolecular Hbond substituents is 1. The number of hydrogen-bond acceptors (Lipinski definition) is 2. The molecule has 2 aromatic carbocycles. The summed E-state index contributed by atoms with van der Waals surface area (Å²) < 4.78 is 0. The van der Waals surface area contributed by atoms with Crippen molar-refractivity contribution in [2.45, 2.75) is 13.5 Å². The lowest BCUT2D eigenvalue weighted by Gasteiger charge is -2.15. The summed E-state index contributed by atoms with van der Waals surface area (Å²) in [6.45, 7) is 2.63. The quantitative estimate of drug-likeness (QED) is 0.784. The van der Waals surface area contributed by atoms with E-state index in [0.717, 1.165) is 16.7 Å². The van der Waals surface area contributed by atoms with Gasteiger partial charge in [0.15, 0.2) is 0 Å². The van der Waals surface area contributed by atoms with Gasteiger partial charge in [0.05, 0.1) is 5.56 Å². The van der Waals surface area contributed by atoms with Crippen LogP contribution in [0.4, 0.5) is 0 Å². The number of phenols is 1. The van der Waals surface area contributed by atoms with Gasteiger partial charge in [-0.2, -0.15) is 0 Å². The first-order valence-electron chi connectivity index (χ1n) is 6.24. The molecule has 0 aromatic heterocycles. The van der Waals surface area contributed by atoms with Crippen LogP contribution in [-0.4, -0.2) is 23.0 Å². The van der Waals surface area contributed by atoms with Crippen molar-refractivity contribution in [3.63, 3.8) is 0 Å². The van der Waals surface area contributed by atoms with Crippen LogP contribution in [0.5, 0.6) is 5.75 Å². The van der Waals surface area contributed by atoms with Crippen molar-refractivity contribution < 1.29 is 9.90 Å². The highest BCUT2D eigenvalue weighted by Gasteiger charge is 2.23. The summed E-state index contributed by atoms with van der Waals surface area (Å²) in [5.74, 6) is 0.0656. The van der Waals surface area contributed by atoms with E-state index in [0.29, 0.717) is 12.1 Å². The average Bonchev–Trinajstić information content (AvgIpc) is 2.47. The zero-order valence-corrected chi connectivity index (χ0v) is 11.0. The second-order valence-corrected chi connectivity index (χ2v) is 5.05. The molecule has 3 nitrogen and oxygen atoms in total. The van der Waals surface area contributed by atoms with Crippen LogP contribution >= 0.6 is 0 Å². The summed E-state index contributed by atoms with van der Waals surface area (Å²) in [4.78, 5) is 14.0. The van der Waals surface area contributed by atoms with E-state index in [1.807, 2.05) is 25.1 Å². The van der Waals surface area contributed by atoms with Crippen LogP contribution in [-0.2, 0) is 6.54 Å². The van der Waals surface area contributed by atoms with E-state index in [9.17, 15) is 9.90 Å². The molecule has 0 radical (unpaired) electrons. The zero-order chi connectivity index (χ0) is 13.6. The van der Waals surface area contributed by atoms with Crippen molar-refractivity contribution >= 4 is 5.91 Å². The molecule has 1 amide bonds. The van der Waals surface area contributed by atoms with E-state index in [4.69, 9.17) is 0 Å². The topological polar surface area (TPSA) is 40.5 Å². The lowest BCUT2D eigenvalue weighted by Crippen LogP contribution is -2.24. The predicted molar refractivity (Wildman–Crippen MR) is 74.1 cm³/mol. The smallest absolute Gasteiger partial charge is 0.254 e. The molecule has 0 bridgehead atoms. The number of amides is 1. The van der Waals surface area contributed by atoms with E-state index < -0.39 is 0 Å². The lowest BCUT2D eigenvalue weighted by molar-refractivity contribution is 0.0788. The Labute approximate surface area is 112 Å². The summed E-state index contributed by atoms with van der Waals surface area (Å²) in [5.41, 5.74) is 4.84. The van der Waals surface area contributed by atoms with Gasteiger partial charge >= 0.3 is 0 Å². The molecule has 2 aromatic rings. The SMILES string of the molecule is Cc1ccc2c(c1)CN(C)C(=O)c1cc(O)ccc1-2. The van der Waals surface area contributed by atoms with Gasteiger partial charge in [0, 0.05) is 13.6 Å². The van der Waals surface area contributed by atoms with Crippen LogP contribution in [0.15, 0.2) is 36.4 Å². The van der Waals surface area contributed by atoms with Gasteiger partial charge in [-0.05, 0) is 41.8 Å². The van der Waals surface area contributed by atoms with Gasteiger partial charge in [-0.15, -0.1) is 0 Å². The standard InChI is InChI=1S/C16H15NO2/c1-10-3-5-13-11(7-10)9-17(2)16(19)15-8-12(18)4-6-14(13)15/h3-8,18H,9H2,1-2H3. The van der Waals surface area contributed by atoms with E-state index >= 15 is 0 Å². The molecular formula is C16H15NO2. The van der Waals surface area contributed by atoms with Crippen molar-refractivity contribution in [1.29, 1.82) is 0 Å². The van der Waals surface area contributed by atoms with Crippen LogP contribution in [0.25, 0.3) is 11.1 Å². The van der Waals surface area contributed by atoms with Crippen molar-refractivity contribution in [3.8, 4) is 16.9 Å². The number of fused-ring (bicyclic) bond motifs is 3. The van der Waals surface area contributed by atoms with Crippen molar-refractivity contribution in [2.75, 3.05) is 7.05 Å². The van der Waals surface area contributed by atoms with Gasteiger partial charge in [0.25, 0.3) is 5.91 Å². The second-order valence-electron chi connectivity index (χ2n) is 5.05. The third-order valence-electron chi connectivity index (χ3n) is 3.54. The number of nitrogens with zero attached hydrogens (tertiary/aromatic N) is 1. The van der Waals surface area contributed by atoms with E-state index in [2.05, 4.69) is 6.07 Å². The Morgan fingerprint density at radius 1 is 1.05 bits per heavy atom. The highest BCUT2D eigenvalue weighted by Crippen LogP contribution is 2.34. The monoisotopic (exact) mass is 253 g/mol. The number of benzene rings is 2. The molecule has 0 spiro atoms. The van der Waals surface area contributed by atoms with Crippen LogP contribution < -0.4 is 0 Å². The Hall–Kier alpha value is -2.29. The molecule has 0 fully saturated rings. The molecule has 1 N–H and O–H groups in total. The number of aromatic hydroxyl groups is 1. The van der Waals surface area contributed by atoms with Gasteiger partial charge < -0.3 is 10.0 Å². The fourth-order valence-corrected chi connectivity index (χ4v) is 2.59. The van der Waals surface area contributed by atoms with Crippen molar-refractivity contribution in [2.24, 2.45) is 0 Å². The summed E-state index contributed by atoms with van der Waals surface area (Å²) >= 11 is 0. The molecular weight excluding hydrogens is 238 g/mol. The van der Waals surface area contributed by atoms with Gasteiger partial charge in [-0.1, -0.05) is 23.8 Å². The lowest BCUT2D eigenvalue weighted by atomic mass is 9.95. The Kier molecular flexibility index (Phi) is 2.56. The fourth-order valence-electron chi connectivity index (χ4n) is 2.59. The fraction of sp³-hybridized carbons (Fsp3) is 0.188. The number of aryl methyl sites for hydroxylation is 1. The Morgan fingerprint density at radius 3 is 2.58 bits per heavy atom. The van der Waals surface area contributed by atoms with Crippen LogP contribution in [0, 0.1) is 6.92 Å². The minimum absolute atomic E-state index is 0.0558. The van der Waals surface area contributed by atoms with Gasteiger partial charge in [0.2, 0.25) is 0 Å².